The summed E-state index contributed by atoms with van der Waals surface area (Å²) in [5.74, 6) is 0.644. The monoisotopic (exact) mass is 259 g/mol. The van der Waals surface area contributed by atoms with E-state index in [9.17, 15) is 0 Å². The number of rotatable bonds is 5. The van der Waals surface area contributed by atoms with Crippen molar-refractivity contribution in [1.82, 2.24) is 25.1 Å². The molecule has 2 aromatic rings. The Morgan fingerprint density at radius 1 is 1.42 bits per heavy atom. The molecule has 0 radical (unpaired) electrons. The Labute approximate surface area is 111 Å². The zero-order valence-electron chi connectivity index (χ0n) is 11.1. The predicted molar refractivity (Wildman–Crippen MR) is 69.9 cm³/mol. The highest BCUT2D eigenvalue weighted by atomic mass is 16.5. The highest BCUT2D eigenvalue weighted by Crippen LogP contribution is 2.20. The minimum atomic E-state index is 0.362. The molecular weight excluding hydrogens is 242 g/mol. The molecule has 0 unspecified atom stereocenters. The van der Waals surface area contributed by atoms with Gasteiger partial charge in [0.25, 0.3) is 0 Å². The molecule has 1 aliphatic carbocycles. The zero-order valence-corrected chi connectivity index (χ0v) is 11.1. The van der Waals surface area contributed by atoms with Crippen LogP contribution in [-0.4, -0.2) is 25.8 Å². The SMILES string of the molecule is Cc1nc(Oc2cnn(C)c2)ncc1CNC1CC1. The van der Waals surface area contributed by atoms with Crippen molar-refractivity contribution in [3.63, 3.8) is 0 Å². The standard InChI is InChI=1S/C13H17N5O/c1-9-10(5-14-11-3-4-11)6-15-13(17-9)19-12-7-16-18(2)8-12/h6-8,11,14H,3-5H2,1-2H3. The molecule has 1 N–H and O–H groups in total. The average Bonchev–Trinajstić information content (AvgIpc) is 3.12. The third-order valence-corrected chi connectivity index (χ3v) is 3.11. The van der Waals surface area contributed by atoms with Crippen molar-refractivity contribution in [2.24, 2.45) is 7.05 Å². The van der Waals surface area contributed by atoms with Crippen molar-refractivity contribution in [2.75, 3.05) is 0 Å². The van der Waals surface area contributed by atoms with Crippen LogP contribution in [-0.2, 0) is 13.6 Å². The zero-order chi connectivity index (χ0) is 13.2. The summed E-state index contributed by atoms with van der Waals surface area (Å²) in [6.45, 7) is 2.80. The van der Waals surface area contributed by atoms with Crippen LogP contribution in [0.15, 0.2) is 18.6 Å². The molecule has 0 aliphatic heterocycles. The highest BCUT2D eigenvalue weighted by molar-refractivity contribution is 5.21. The maximum absolute atomic E-state index is 5.55. The average molecular weight is 259 g/mol. The van der Waals surface area contributed by atoms with Gasteiger partial charge in [-0.1, -0.05) is 0 Å². The summed E-state index contributed by atoms with van der Waals surface area (Å²) in [4.78, 5) is 8.60. The molecule has 6 nitrogen and oxygen atoms in total. The number of nitrogens with one attached hydrogen (secondary N) is 1. The van der Waals surface area contributed by atoms with E-state index in [2.05, 4.69) is 20.4 Å². The Morgan fingerprint density at radius 2 is 2.26 bits per heavy atom. The largest absolute Gasteiger partial charge is 0.421 e. The third-order valence-electron chi connectivity index (χ3n) is 3.11. The lowest BCUT2D eigenvalue weighted by atomic mass is 10.2. The van der Waals surface area contributed by atoms with Gasteiger partial charge in [0.1, 0.15) is 0 Å². The number of hydrogen-bond acceptors (Lipinski definition) is 5. The Balaban J connectivity index is 1.67. The summed E-state index contributed by atoms with van der Waals surface area (Å²) in [7, 11) is 1.84. The normalized spacial score (nSPS) is 14.6. The van der Waals surface area contributed by atoms with Gasteiger partial charge in [-0.2, -0.15) is 10.1 Å². The van der Waals surface area contributed by atoms with E-state index in [1.54, 1.807) is 17.1 Å². The van der Waals surface area contributed by atoms with E-state index >= 15 is 0 Å². The summed E-state index contributed by atoms with van der Waals surface area (Å²) >= 11 is 0. The maximum Gasteiger partial charge on any atom is 0.322 e. The van der Waals surface area contributed by atoms with Crippen molar-refractivity contribution in [2.45, 2.75) is 32.4 Å². The van der Waals surface area contributed by atoms with Crippen molar-refractivity contribution in [3.05, 3.63) is 29.8 Å². The van der Waals surface area contributed by atoms with E-state index in [0.29, 0.717) is 17.8 Å². The second kappa shape index (κ2) is 4.97. The minimum Gasteiger partial charge on any atom is -0.421 e. The van der Waals surface area contributed by atoms with E-state index in [-0.39, 0.29) is 0 Å². The first-order chi connectivity index (χ1) is 9.20. The van der Waals surface area contributed by atoms with Crippen molar-refractivity contribution < 1.29 is 4.74 Å². The molecule has 0 bridgehead atoms. The van der Waals surface area contributed by atoms with Gasteiger partial charge in [0, 0.05) is 37.1 Å². The molecule has 1 fully saturated rings. The van der Waals surface area contributed by atoms with Gasteiger partial charge in [-0.3, -0.25) is 4.68 Å². The Kier molecular flexibility index (Phi) is 3.16. The molecule has 100 valence electrons. The highest BCUT2D eigenvalue weighted by Gasteiger charge is 2.20. The molecule has 0 aromatic carbocycles. The Hall–Kier alpha value is -1.95. The third kappa shape index (κ3) is 3.08. The smallest absolute Gasteiger partial charge is 0.322 e. The van der Waals surface area contributed by atoms with Crippen LogP contribution in [0.4, 0.5) is 0 Å². The van der Waals surface area contributed by atoms with Crippen LogP contribution in [0, 0.1) is 6.92 Å². The lowest BCUT2D eigenvalue weighted by molar-refractivity contribution is 0.438. The van der Waals surface area contributed by atoms with Crippen LogP contribution in [0.2, 0.25) is 0 Å². The summed E-state index contributed by atoms with van der Waals surface area (Å²) in [6, 6.07) is 1.05. The summed E-state index contributed by atoms with van der Waals surface area (Å²) < 4.78 is 7.22. The van der Waals surface area contributed by atoms with E-state index in [4.69, 9.17) is 4.74 Å². The lowest BCUT2D eigenvalue weighted by Gasteiger charge is -2.07. The summed E-state index contributed by atoms with van der Waals surface area (Å²) in [6.07, 6.45) is 7.80. The van der Waals surface area contributed by atoms with Gasteiger partial charge in [-0.15, -0.1) is 0 Å². The molecule has 2 heterocycles. The minimum absolute atomic E-state index is 0.362. The predicted octanol–water partition coefficient (Wildman–Crippen LogP) is 1.56. The van der Waals surface area contributed by atoms with Crippen molar-refractivity contribution in [3.8, 4) is 11.8 Å². The lowest BCUT2D eigenvalue weighted by Crippen LogP contribution is -2.16. The van der Waals surface area contributed by atoms with Crippen LogP contribution in [0.3, 0.4) is 0 Å². The first-order valence-corrected chi connectivity index (χ1v) is 6.43. The molecule has 1 saturated carbocycles. The van der Waals surface area contributed by atoms with Crippen LogP contribution in [0.1, 0.15) is 24.1 Å². The fraction of sp³-hybridized carbons (Fsp3) is 0.462. The van der Waals surface area contributed by atoms with Gasteiger partial charge in [-0.05, 0) is 19.8 Å². The molecule has 0 spiro atoms. The Morgan fingerprint density at radius 3 is 2.89 bits per heavy atom. The van der Waals surface area contributed by atoms with E-state index in [0.717, 1.165) is 17.8 Å². The van der Waals surface area contributed by atoms with Gasteiger partial charge in [0.05, 0.1) is 12.4 Å². The number of ether oxygens (including phenoxy) is 1. The first-order valence-electron chi connectivity index (χ1n) is 6.43. The van der Waals surface area contributed by atoms with Crippen LogP contribution in [0.25, 0.3) is 0 Å². The summed E-state index contributed by atoms with van der Waals surface area (Å²) in [5.41, 5.74) is 2.06. The molecule has 1 aliphatic rings. The van der Waals surface area contributed by atoms with Gasteiger partial charge in [-0.25, -0.2) is 4.98 Å². The topological polar surface area (TPSA) is 64.9 Å². The van der Waals surface area contributed by atoms with E-state index < -0.39 is 0 Å². The molecule has 0 atom stereocenters. The molecule has 19 heavy (non-hydrogen) atoms. The maximum atomic E-state index is 5.55. The summed E-state index contributed by atoms with van der Waals surface area (Å²) in [5, 5.41) is 7.49. The molecule has 3 rings (SSSR count). The van der Waals surface area contributed by atoms with Gasteiger partial charge in [0.15, 0.2) is 5.75 Å². The van der Waals surface area contributed by atoms with Gasteiger partial charge < -0.3 is 10.1 Å². The quantitative estimate of drug-likeness (QED) is 0.882. The first kappa shape index (κ1) is 12.1. The van der Waals surface area contributed by atoms with Crippen LogP contribution in [0.5, 0.6) is 11.8 Å². The molecule has 2 aromatic heterocycles. The molecule has 0 amide bonds. The van der Waals surface area contributed by atoms with Crippen LogP contribution < -0.4 is 10.1 Å². The number of hydrogen-bond donors (Lipinski definition) is 1. The van der Waals surface area contributed by atoms with Gasteiger partial charge >= 0.3 is 6.01 Å². The Bertz CT molecular complexity index is 576. The van der Waals surface area contributed by atoms with Crippen molar-refractivity contribution >= 4 is 0 Å². The van der Waals surface area contributed by atoms with E-state index in [1.807, 2.05) is 20.2 Å². The van der Waals surface area contributed by atoms with Crippen molar-refractivity contribution in [1.29, 1.82) is 0 Å². The number of aryl methyl sites for hydroxylation is 2. The van der Waals surface area contributed by atoms with Crippen LogP contribution >= 0.6 is 0 Å². The van der Waals surface area contributed by atoms with Gasteiger partial charge in [0.2, 0.25) is 0 Å². The fourth-order valence-electron chi connectivity index (χ4n) is 1.79. The number of nitrogens with zero attached hydrogens (tertiary/aromatic N) is 4. The second-order valence-electron chi connectivity index (χ2n) is 4.87. The second-order valence-corrected chi connectivity index (χ2v) is 4.87. The molecule has 6 heteroatoms. The van der Waals surface area contributed by atoms with E-state index in [1.165, 1.54) is 12.8 Å². The molecule has 0 saturated heterocycles. The number of aromatic nitrogens is 4. The molecular formula is C13H17N5O. The fourth-order valence-corrected chi connectivity index (χ4v) is 1.79.